The molecule has 0 fully saturated rings. The van der Waals surface area contributed by atoms with Gasteiger partial charge in [0, 0.05) is 16.5 Å². The summed E-state index contributed by atoms with van der Waals surface area (Å²) in [5.41, 5.74) is 1.89. The first-order valence-corrected chi connectivity index (χ1v) is 8.91. The zero-order chi connectivity index (χ0) is 20.4. The number of carbonyl (C=O) groups excluding carboxylic acids is 3. The molecule has 144 valence electrons. The van der Waals surface area contributed by atoms with Gasteiger partial charge in [0.05, 0.1) is 0 Å². The molecule has 0 unspecified atom stereocenters. The van der Waals surface area contributed by atoms with Gasteiger partial charge in [0.2, 0.25) is 11.5 Å². The van der Waals surface area contributed by atoms with Gasteiger partial charge in [-0.05, 0) is 31.2 Å². The molecule has 4 rings (SSSR count). The molecular formula is C23H16O6. The zero-order valence-corrected chi connectivity index (χ0v) is 15.5. The summed E-state index contributed by atoms with van der Waals surface area (Å²) in [6, 6.07) is 18.8. The van der Waals surface area contributed by atoms with Crippen molar-refractivity contribution in [2.45, 2.75) is 6.92 Å². The molecule has 0 saturated heterocycles. The maximum Gasteiger partial charge on any atom is 0.374 e. The quantitative estimate of drug-likeness (QED) is 0.344. The summed E-state index contributed by atoms with van der Waals surface area (Å²) in [7, 11) is 0. The molecule has 2 aromatic heterocycles. The largest absolute Gasteiger partial charge is 0.453 e. The van der Waals surface area contributed by atoms with Gasteiger partial charge >= 0.3 is 5.97 Å². The highest BCUT2D eigenvalue weighted by Crippen LogP contribution is 2.23. The molecule has 6 heteroatoms. The summed E-state index contributed by atoms with van der Waals surface area (Å²) in [5, 5.41) is 0.800. The Balaban J connectivity index is 1.41. The molecule has 0 N–H and O–H groups in total. The van der Waals surface area contributed by atoms with Crippen LogP contribution >= 0.6 is 0 Å². The van der Waals surface area contributed by atoms with E-state index in [0.29, 0.717) is 22.5 Å². The molecular weight excluding hydrogens is 372 g/mol. The lowest BCUT2D eigenvalue weighted by molar-refractivity contribution is 0.0439. The van der Waals surface area contributed by atoms with Gasteiger partial charge in [-0.1, -0.05) is 42.5 Å². The number of furan rings is 2. The van der Waals surface area contributed by atoms with Crippen LogP contribution < -0.4 is 0 Å². The second-order valence-corrected chi connectivity index (χ2v) is 6.45. The lowest BCUT2D eigenvalue weighted by atomic mass is 10.1. The van der Waals surface area contributed by atoms with Gasteiger partial charge in [0.25, 0.3) is 0 Å². The second-order valence-electron chi connectivity index (χ2n) is 6.45. The van der Waals surface area contributed by atoms with E-state index in [2.05, 4.69) is 0 Å². The summed E-state index contributed by atoms with van der Waals surface area (Å²) in [4.78, 5) is 35.8. The first-order chi connectivity index (χ1) is 14.0. The molecule has 29 heavy (non-hydrogen) atoms. The fraction of sp³-hybridized carbons (Fsp3) is 0.0870. The van der Waals surface area contributed by atoms with Crippen molar-refractivity contribution >= 4 is 28.5 Å². The SMILES string of the molecule is CC(=O)c1ccc(-c2ccc(C(=O)OCC(=O)c3cc4ccccc4o3)o2)cc1. The summed E-state index contributed by atoms with van der Waals surface area (Å²) < 4.78 is 16.0. The van der Waals surface area contributed by atoms with Crippen LogP contribution in [0.15, 0.2) is 75.6 Å². The minimum Gasteiger partial charge on any atom is -0.453 e. The zero-order valence-electron chi connectivity index (χ0n) is 15.5. The van der Waals surface area contributed by atoms with E-state index >= 15 is 0 Å². The standard InChI is InChI=1S/C23H16O6/c1-14(24)15-6-8-16(9-7-15)20-10-11-21(28-20)23(26)27-13-18(25)22-12-17-4-2-3-5-19(17)29-22/h2-12H,13H2,1H3. The predicted molar refractivity (Wildman–Crippen MR) is 105 cm³/mol. The van der Waals surface area contributed by atoms with E-state index in [4.69, 9.17) is 13.6 Å². The number of ether oxygens (including phenoxy) is 1. The summed E-state index contributed by atoms with van der Waals surface area (Å²) in [6.45, 7) is 1.03. The van der Waals surface area contributed by atoms with Gasteiger partial charge in [0.1, 0.15) is 11.3 Å². The van der Waals surface area contributed by atoms with Crippen LogP contribution in [0.2, 0.25) is 0 Å². The summed E-state index contributed by atoms with van der Waals surface area (Å²) >= 11 is 0. The molecule has 0 saturated carbocycles. The van der Waals surface area contributed by atoms with Crippen LogP contribution in [0.4, 0.5) is 0 Å². The Morgan fingerprint density at radius 2 is 1.62 bits per heavy atom. The van der Waals surface area contributed by atoms with Crippen molar-refractivity contribution in [2.24, 2.45) is 0 Å². The van der Waals surface area contributed by atoms with Crippen molar-refractivity contribution in [1.29, 1.82) is 0 Å². The van der Waals surface area contributed by atoms with Crippen molar-refractivity contribution < 1.29 is 28.0 Å². The minimum absolute atomic E-state index is 0.0203. The topological polar surface area (TPSA) is 86.7 Å². The number of para-hydroxylation sites is 1. The maximum atomic E-state index is 12.2. The lowest BCUT2D eigenvalue weighted by Gasteiger charge is -2.01. The number of ketones is 2. The number of fused-ring (bicyclic) bond motifs is 1. The van der Waals surface area contributed by atoms with E-state index in [-0.39, 0.29) is 17.3 Å². The number of carbonyl (C=O) groups is 3. The Bertz CT molecular complexity index is 1180. The van der Waals surface area contributed by atoms with Crippen LogP contribution in [0.1, 0.15) is 38.4 Å². The molecule has 0 radical (unpaired) electrons. The van der Waals surface area contributed by atoms with Gasteiger partial charge < -0.3 is 13.6 Å². The molecule has 0 atom stereocenters. The fourth-order valence-electron chi connectivity index (χ4n) is 2.86. The Kier molecular flexibility index (Phi) is 4.83. The van der Waals surface area contributed by atoms with Crippen molar-refractivity contribution in [1.82, 2.24) is 0 Å². The van der Waals surface area contributed by atoms with E-state index in [1.165, 1.54) is 13.0 Å². The fourth-order valence-corrected chi connectivity index (χ4v) is 2.86. The van der Waals surface area contributed by atoms with Gasteiger partial charge in [-0.2, -0.15) is 0 Å². The second kappa shape index (κ2) is 7.59. The van der Waals surface area contributed by atoms with Crippen molar-refractivity contribution in [2.75, 3.05) is 6.61 Å². The average molecular weight is 388 g/mol. The number of rotatable bonds is 6. The number of hydrogen-bond donors (Lipinski definition) is 0. The smallest absolute Gasteiger partial charge is 0.374 e. The average Bonchev–Trinajstić information content (AvgIpc) is 3.39. The Morgan fingerprint density at radius 1 is 0.862 bits per heavy atom. The highest BCUT2D eigenvalue weighted by molar-refractivity contribution is 6.00. The summed E-state index contributed by atoms with van der Waals surface area (Å²) in [6.07, 6.45) is 0. The Labute approximate surface area is 165 Å². The number of benzene rings is 2. The van der Waals surface area contributed by atoms with Gasteiger partial charge in [-0.3, -0.25) is 9.59 Å². The summed E-state index contributed by atoms with van der Waals surface area (Å²) in [5.74, 6) is -0.662. The highest BCUT2D eigenvalue weighted by Gasteiger charge is 2.18. The first kappa shape index (κ1) is 18.4. The van der Waals surface area contributed by atoms with Crippen LogP contribution in [-0.2, 0) is 4.74 Å². The third-order valence-electron chi connectivity index (χ3n) is 4.42. The minimum atomic E-state index is -0.749. The van der Waals surface area contributed by atoms with Crippen LogP contribution in [0.5, 0.6) is 0 Å². The Morgan fingerprint density at radius 3 is 2.34 bits per heavy atom. The molecule has 0 aliphatic rings. The predicted octanol–water partition coefficient (Wildman–Crippen LogP) is 4.94. The maximum absolute atomic E-state index is 12.2. The lowest BCUT2D eigenvalue weighted by Crippen LogP contribution is -2.13. The van der Waals surface area contributed by atoms with E-state index in [9.17, 15) is 14.4 Å². The van der Waals surface area contributed by atoms with Crippen LogP contribution in [0.25, 0.3) is 22.3 Å². The van der Waals surface area contributed by atoms with Crippen molar-refractivity contribution in [3.8, 4) is 11.3 Å². The third-order valence-corrected chi connectivity index (χ3v) is 4.42. The van der Waals surface area contributed by atoms with Crippen molar-refractivity contribution in [3.05, 3.63) is 83.8 Å². The van der Waals surface area contributed by atoms with E-state index in [1.807, 2.05) is 18.2 Å². The molecule has 0 spiro atoms. The molecule has 0 amide bonds. The van der Waals surface area contributed by atoms with Crippen LogP contribution in [0.3, 0.4) is 0 Å². The van der Waals surface area contributed by atoms with Crippen LogP contribution in [-0.4, -0.2) is 24.1 Å². The normalized spacial score (nSPS) is 10.8. The van der Waals surface area contributed by atoms with Crippen LogP contribution in [0, 0.1) is 0 Å². The van der Waals surface area contributed by atoms with E-state index in [0.717, 1.165) is 5.39 Å². The molecule has 6 nitrogen and oxygen atoms in total. The first-order valence-electron chi connectivity index (χ1n) is 8.91. The van der Waals surface area contributed by atoms with Crippen molar-refractivity contribution in [3.63, 3.8) is 0 Å². The molecule has 2 aromatic carbocycles. The molecule has 0 aliphatic carbocycles. The molecule has 4 aromatic rings. The van der Waals surface area contributed by atoms with E-state index in [1.54, 1.807) is 42.5 Å². The molecule has 0 aliphatic heterocycles. The number of hydrogen-bond acceptors (Lipinski definition) is 6. The van der Waals surface area contributed by atoms with E-state index < -0.39 is 18.4 Å². The van der Waals surface area contributed by atoms with Gasteiger partial charge in [0.15, 0.2) is 18.2 Å². The van der Waals surface area contributed by atoms with Gasteiger partial charge in [-0.15, -0.1) is 0 Å². The number of Topliss-reactive ketones (excluding diaryl/α,β-unsaturated/α-hetero) is 2. The highest BCUT2D eigenvalue weighted by atomic mass is 16.5. The third kappa shape index (κ3) is 3.87. The number of esters is 1. The molecule has 2 heterocycles. The molecule has 0 bridgehead atoms. The van der Waals surface area contributed by atoms with Gasteiger partial charge in [-0.25, -0.2) is 4.79 Å². The Hall–Kier alpha value is -3.93. The monoisotopic (exact) mass is 388 g/mol.